The molecule has 18 heavy (non-hydrogen) atoms. The third kappa shape index (κ3) is 2.67. The number of carboxylic acid groups (broad SMARTS) is 1. The van der Waals surface area contributed by atoms with Gasteiger partial charge in [0.25, 0.3) is 0 Å². The Labute approximate surface area is 109 Å². The maximum Gasteiger partial charge on any atom is 0.372 e. The predicted molar refractivity (Wildman–Crippen MR) is 67.9 cm³/mol. The first-order valence-electron chi connectivity index (χ1n) is 5.80. The van der Waals surface area contributed by atoms with Crippen LogP contribution >= 0.6 is 11.8 Å². The Morgan fingerprint density at radius 1 is 1.44 bits per heavy atom. The van der Waals surface area contributed by atoms with Gasteiger partial charge in [-0.25, -0.2) is 4.79 Å². The summed E-state index contributed by atoms with van der Waals surface area (Å²) >= 11 is 1.03. The molecule has 1 aliphatic rings. The molecule has 0 spiro atoms. The van der Waals surface area contributed by atoms with E-state index in [0.717, 1.165) is 27.8 Å². The summed E-state index contributed by atoms with van der Waals surface area (Å²) in [6, 6.07) is 5.61. The number of ether oxygens (including phenoxy) is 1. The fourth-order valence-corrected chi connectivity index (χ4v) is 2.97. The van der Waals surface area contributed by atoms with E-state index in [1.165, 1.54) is 0 Å². The summed E-state index contributed by atoms with van der Waals surface area (Å²) in [7, 11) is 0. The van der Waals surface area contributed by atoms with E-state index in [0.29, 0.717) is 19.4 Å². The Balaban J connectivity index is 2.18. The summed E-state index contributed by atoms with van der Waals surface area (Å²) in [6.07, 6.45) is 1.04. The molecule has 0 heterocycles. The number of aliphatic carboxylic acids is 1. The third-order valence-electron chi connectivity index (χ3n) is 2.95. The van der Waals surface area contributed by atoms with Gasteiger partial charge in [0.2, 0.25) is 0 Å². The van der Waals surface area contributed by atoms with E-state index >= 15 is 0 Å². The zero-order valence-corrected chi connectivity index (χ0v) is 10.8. The van der Waals surface area contributed by atoms with Crippen molar-refractivity contribution in [2.45, 2.75) is 24.7 Å². The van der Waals surface area contributed by atoms with Crippen molar-refractivity contribution >= 4 is 23.0 Å². The van der Waals surface area contributed by atoms with Crippen molar-refractivity contribution in [3.8, 4) is 0 Å². The minimum atomic E-state index is -0.779. The van der Waals surface area contributed by atoms with Gasteiger partial charge in [-0.05, 0) is 48.7 Å². The molecule has 4 nitrogen and oxygen atoms in total. The highest BCUT2D eigenvalue weighted by molar-refractivity contribution is 8.13. The molecule has 2 rings (SSSR count). The summed E-state index contributed by atoms with van der Waals surface area (Å²) in [5.41, 5.74) is 2.00. The number of carboxylic acids is 1. The quantitative estimate of drug-likeness (QED) is 0.673. The Bertz CT molecular complexity index is 484. The van der Waals surface area contributed by atoms with Gasteiger partial charge in [0.15, 0.2) is 0 Å². The lowest BCUT2D eigenvalue weighted by Crippen LogP contribution is -2.13. The molecule has 0 bridgehead atoms. The average Bonchev–Trinajstić information content (AvgIpc) is 2.74. The molecule has 0 fully saturated rings. The van der Waals surface area contributed by atoms with Crippen LogP contribution in [0.4, 0.5) is 4.79 Å². The normalized spacial score (nSPS) is 17.3. The largest absolute Gasteiger partial charge is 0.481 e. The van der Waals surface area contributed by atoms with Crippen LogP contribution < -0.4 is 0 Å². The van der Waals surface area contributed by atoms with E-state index in [1.807, 2.05) is 18.2 Å². The van der Waals surface area contributed by atoms with Gasteiger partial charge in [-0.3, -0.25) is 4.79 Å². The summed E-state index contributed by atoms with van der Waals surface area (Å²) in [5.74, 6) is -1.15. The van der Waals surface area contributed by atoms with Gasteiger partial charge in [0, 0.05) is 4.90 Å². The number of benzene rings is 1. The summed E-state index contributed by atoms with van der Waals surface area (Å²) in [6.45, 7) is 2.10. The average molecular weight is 266 g/mol. The fourth-order valence-electron chi connectivity index (χ4n) is 2.13. The topological polar surface area (TPSA) is 63.6 Å². The van der Waals surface area contributed by atoms with Crippen LogP contribution in [0.5, 0.6) is 0 Å². The highest BCUT2D eigenvalue weighted by Gasteiger charge is 2.29. The minimum absolute atomic E-state index is 0.343. The van der Waals surface area contributed by atoms with E-state index in [1.54, 1.807) is 6.92 Å². The number of carbonyl (C=O) groups is 2. The lowest BCUT2D eigenvalue weighted by molar-refractivity contribution is -0.141. The van der Waals surface area contributed by atoms with Crippen molar-refractivity contribution in [2.75, 3.05) is 6.61 Å². The molecule has 1 atom stereocenters. The lowest BCUT2D eigenvalue weighted by atomic mass is 10.1. The van der Waals surface area contributed by atoms with Crippen LogP contribution in [-0.4, -0.2) is 23.0 Å². The van der Waals surface area contributed by atoms with Gasteiger partial charge < -0.3 is 9.84 Å². The zero-order valence-electron chi connectivity index (χ0n) is 10.0. The molecular formula is C13H14O4S. The smallest absolute Gasteiger partial charge is 0.372 e. The minimum Gasteiger partial charge on any atom is -0.481 e. The predicted octanol–water partition coefficient (Wildman–Crippen LogP) is 2.73. The molecule has 0 amide bonds. The van der Waals surface area contributed by atoms with Gasteiger partial charge in [0.05, 0.1) is 12.5 Å². The molecule has 0 unspecified atom stereocenters. The number of thioether (sulfide) groups is 1. The van der Waals surface area contributed by atoms with Crippen LogP contribution in [0.1, 0.15) is 18.1 Å². The lowest BCUT2D eigenvalue weighted by Gasteiger charge is -2.06. The summed E-state index contributed by atoms with van der Waals surface area (Å²) in [5, 5.41) is 8.70. The Hall–Kier alpha value is -1.49. The van der Waals surface area contributed by atoms with Crippen molar-refractivity contribution in [2.24, 2.45) is 5.92 Å². The monoisotopic (exact) mass is 266 g/mol. The second-order valence-electron chi connectivity index (χ2n) is 4.12. The summed E-state index contributed by atoms with van der Waals surface area (Å²) in [4.78, 5) is 23.3. The van der Waals surface area contributed by atoms with Crippen molar-refractivity contribution < 1.29 is 19.4 Å². The fraction of sp³-hybridized carbons (Fsp3) is 0.385. The molecule has 0 radical (unpaired) electrons. The van der Waals surface area contributed by atoms with Crippen molar-refractivity contribution in [1.29, 1.82) is 0 Å². The molecule has 0 aromatic heterocycles. The number of hydrogen-bond acceptors (Lipinski definition) is 4. The second kappa shape index (κ2) is 5.44. The highest BCUT2D eigenvalue weighted by atomic mass is 32.2. The van der Waals surface area contributed by atoms with Crippen LogP contribution in [0.25, 0.3) is 0 Å². The van der Waals surface area contributed by atoms with Gasteiger partial charge >= 0.3 is 11.3 Å². The highest BCUT2D eigenvalue weighted by Crippen LogP contribution is 2.35. The molecular weight excluding hydrogens is 252 g/mol. The maximum atomic E-state index is 11.5. The molecule has 1 aliphatic carbocycles. The Morgan fingerprint density at radius 3 is 2.89 bits per heavy atom. The Morgan fingerprint density at radius 2 is 2.22 bits per heavy atom. The van der Waals surface area contributed by atoms with Crippen molar-refractivity contribution in [3.05, 3.63) is 29.3 Å². The molecule has 0 saturated heterocycles. The molecule has 0 aliphatic heterocycles. The first-order chi connectivity index (χ1) is 8.61. The first kappa shape index (κ1) is 13.0. The van der Waals surface area contributed by atoms with E-state index in [9.17, 15) is 9.59 Å². The van der Waals surface area contributed by atoms with E-state index in [2.05, 4.69) is 0 Å². The number of fused-ring (bicyclic) bond motifs is 1. The van der Waals surface area contributed by atoms with Gasteiger partial charge in [-0.2, -0.15) is 0 Å². The molecule has 1 aromatic rings. The van der Waals surface area contributed by atoms with Gasteiger partial charge in [-0.1, -0.05) is 12.1 Å². The Kier molecular flexibility index (Phi) is 3.91. The van der Waals surface area contributed by atoms with Crippen LogP contribution in [0.3, 0.4) is 0 Å². The standard InChI is InChI=1S/C13H14O4S/c1-2-17-13(16)18-11-5-3-4-8-6-9(12(14)15)7-10(8)11/h3-5,9H,2,6-7H2,1H3,(H,14,15)/t9-/m0/s1. The van der Waals surface area contributed by atoms with Gasteiger partial charge in [0.1, 0.15) is 0 Å². The number of carbonyl (C=O) groups excluding carboxylic acids is 1. The third-order valence-corrected chi connectivity index (χ3v) is 3.84. The molecule has 1 aromatic carbocycles. The molecule has 0 saturated carbocycles. The molecule has 96 valence electrons. The van der Waals surface area contributed by atoms with E-state index < -0.39 is 5.97 Å². The van der Waals surface area contributed by atoms with Crippen LogP contribution in [0.15, 0.2) is 23.1 Å². The first-order valence-corrected chi connectivity index (χ1v) is 6.61. The van der Waals surface area contributed by atoms with Crippen LogP contribution in [-0.2, 0) is 22.4 Å². The zero-order chi connectivity index (χ0) is 13.1. The molecule has 5 heteroatoms. The van der Waals surface area contributed by atoms with E-state index in [-0.39, 0.29) is 11.2 Å². The molecule has 1 N–H and O–H groups in total. The number of rotatable bonds is 3. The van der Waals surface area contributed by atoms with Crippen molar-refractivity contribution in [1.82, 2.24) is 0 Å². The van der Waals surface area contributed by atoms with Crippen LogP contribution in [0.2, 0.25) is 0 Å². The second-order valence-corrected chi connectivity index (χ2v) is 5.10. The summed E-state index contributed by atoms with van der Waals surface area (Å²) < 4.78 is 4.89. The van der Waals surface area contributed by atoms with Crippen LogP contribution in [0, 0.1) is 5.92 Å². The van der Waals surface area contributed by atoms with Gasteiger partial charge in [-0.15, -0.1) is 0 Å². The van der Waals surface area contributed by atoms with Crippen molar-refractivity contribution in [3.63, 3.8) is 0 Å². The number of hydrogen-bond donors (Lipinski definition) is 1. The SMILES string of the molecule is CCOC(=O)Sc1cccc2c1C[C@@H](C(=O)O)C2. The maximum absolute atomic E-state index is 11.5. The van der Waals surface area contributed by atoms with E-state index in [4.69, 9.17) is 9.84 Å².